The number of halogens is 3. The summed E-state index contributed by atoms with van der Waals surface area (Å²) in [4.78, 5) is 17.6. The zero-order chi connectivity index (χ0) is 18.1. The van der Waals surface area contributed by atoms with E-state index in [9.17, 15) is 18.7 Å². The van der Waals surface area contributed by atoms with Crippen molar-refractivity contribution < 1.29 is 18.7 Å². The number of fused-ring (bicyclic) bond motifs is 1. The quantitative estimate of drug-likeness (QED) is 0.701. The molecule has 25 heavy (non-hydrogen) atoms. The molecule has 0 spiro atoms. The average Bonchev–Trinajstić information content (AvgIpc) is 2.92. The van der Waals surface area contributed by atoms with Crippen LogP contribution in [0.15, 0.2) is 18.2 Å². The van der Waals surface area contributed by atoms with Gasteiger partial charge in [-0.2, -0.15) is 0 Å². The maximum Gasteiger partial charge on any atom is 0.407 e. The molecule has 1 aromatic carbocycles. The predicted molar refractivity (Wildman–Crippen MR) is 96.5 cm³/mol. The topological polar surface area (TPSA) is 58.4 Å². The van der Waals surface area contributed by atoms with Crippen LogP contribution < -0.4 is 0 Å². The van der Waals surface area contributed by atoms with Gasteiger partial charge in [0.25, 0.3) is 0 Å². The summed E-state index contributed by atoms with van der Waals surface area (Å²) in [5.41, 5.74) is 1.54. The lowest BCUT2D eigenvalue weighted by molar-refractivity contribution is 0.106. The third-order valence-electron chi connectivity index (χ3n) is 4.55. The number of aryl methyl sites for hydroxylation is 2. The molecule has 8 heteroatoms. The number of hydrogen-bond acceptors (Lipinski definition) is 2. The number of hydrogen-bond donors (Lipinski definition) is 1. The minimum Gasteiger partial charge on any atom is -0.465 e. The molecule has 0 radical (unpaired) electrons. The molecule has 3 rings (SSSR count). The van der Waals surface area contributed by atoms with Crippen LogP contribution in [0.5, 0.6) is 0 Å². The predicted octanol–water partition coefficient (Wildman–Crippen LogP) is 4.00. The molecule has 0 saturated carbocycles. The van der Waals surface area contributed by atoms with Crippen molar-refractivity contribution in [1.29, 1.82) is 0 Å². The van der Waals surface area contributed by atoms with Gasteiger partial charge in [-0.25, -0.2) is 18.6 Å². The van der Waals surface area contributed by atoms with E-state index in [4.69, 9.17) is 0 Å². The summed E-state index contributed by atoms with van der Waals surface area (Å²) in [6, 6.07) is 3.46. The lowest BCUT2D eigenvalue weighted by Gasteiger charge is -2.35. The molecule has 5 nitrogen and oxygen atoms in total. The maximum absolute atomic E-state index is 13.4. The van der Waals surface area contributed by atoms with Gasteiger partial charge in [0.2, 0.25) is 0 Å². The van der Waals surface area contributed by atoms with Crippen LogP contribution in [0.1, 0.15) is 36.5 Å². The molecule has 0 bridgehead atoms. The van der Waals surface area contributed by atoms with E-state index in [2.05, 4.69) is 32.1 Å². The van der Waals surface area contributed by atoms with E-state index in [1.165, 1.54) is 17.0 Å². The number of aromatic nitrogens is 2. The Balaban J connectivity index is 1.90. The van der Waals surface area contributed by atoms with Crippen LogP contribution in [0.4, 0.5) is 13.6 Å². The van der Waals surface area contributed by atoms with Crippen LogP contribution in [-0.2, 0) is 19.4 Å². The van der Waals surface area contributed by atoms with E-state index in [0.717, 1.165) is 27.7 Å². The Hall–Kier alpha value is -1.71. The van der Waals surface area contributed by atoms with Crippen molar-refractivity contribution in [3.63, 3.8) is 0 Å². The zero-order valence-electron chi connectivity index (χ0n) is 13.7. The van der Waals surface area contributed by atoms with Gasteiger partial charge in [-0.1, -0.05) is 13.0 Å². The van der Waals surface area contributed by atoms with Gasteiger partial charge in [0.1, 0.15) is 9.53 Å². The summed E-state index contributed by atoms with van der Waals surface area (Å²) in [7, 11) is 0. The normalized spacial score (nSPS) is 16.8. The van der Waals surface area contributed by atoms with Crippen molar-refractivity contribution in [2.75, 3.05) is 6.54 Å². The van der Waals surface area contributed by atoms with Gasteiger partial charge in [-0.3, -0.25) is 4.90 Å². The van der Waals surface area contributed by atoms with Crippen LogP contribution in [0.2, 0.25) is 0 Å². The van der Waals surface area contributed by atoms with E-state index in [1.807, 2.05) is 6.92 Å². The number of amides is 1. The number of nitrogens with zero attached hydrogens (tertiary/aromatic N) is 3. The molecule has 134 valence electrons. The summed E-state index contributed by atoms with van der Waals surface area (Å²) in [5.74, 6) is -0.819. The van der Waals surface area contributed by atoms with Crippen molar-refractivity contribution in [2.24, 2.45) is 0 Å². The molecule has 1 atom stereocenters. The molecule has 1 unspecified atom stereocenters. The third kappa shape index (κ3) is 3.49. The van der Waals surface area contributed by atoms with E-state index in [0.29, 0.717) is 31.5 Å². The number of carboxylic acid groups (broad SMARTS) is 1. The third-order valence-corrected chi connectivity index (χ3v) is 5.34. The van der Waals surface area contributed by atoms with Gasteiger partial charge < -0.3 is 9.67 Å². The molecule has 1 N–H and O–H groups in total. The van der Waals surface area contributed by atoms with Gasteiger partial charge >= 0.3 is 6.09 Å². The van der Waals surface area contributed by atoms with E-state index in [-0.39, 0.29) is 6.04 Å². The highest BCUT2D eigenvalue weighted by atomic mass is 127. The van der Waals surface area contributed by atoms with E-state index >= 15 is 0 Å². The Kier molecular flexibility index (Phi) is 5.26. The standard InChI is InChI=1S/C17H18F2IN3O2/c1-2-14-21-16(20)15-13(22(17(24)25)7-8-23(14)15)6-4-10-3-5-11(18)12(19)9-10/h3,5,9,13H,2,4,6-8H2,1H3,(H,24,25). The van der Waals surface area contributed by atoms with Crippen LogP contribution in [0.25, 0.3) is 0 Å². The average molecular weight is 461 g/mol. The highest BCUT2D eigenvalue weighted by Gasteiger charge is 2.34. The molecule has 1 aromatic heterocycles. The van der Waals surface area contributed by atoms with Crippen molar-refractivity contribution in [3.8, 4) is 0 Å². The first-order chi connectivity index (χ1) is 11.9. The molecule has 2 aromatic rings. The second-order valence-corrected chi connectivity index (χ2v) is 7.01. The van der Waals surface area contributed by atoms with E-state index < -0.39 is 17.7 Å². The Bertz CT molecular complexity index is 809. The van der Waals surface area contributed by atoms with Crippen LogP contribution >= 0.6 is 22.6 Å². The molecule has 1 aliphatic rings. The summed E-state index contributed by atoms with van der Waals surface area (Å²) >= 11 is 2.14. The molecule has 0 saturated heterocycles. The van der Waals surface area contributed by atoms with Crippen molar-refractivity contribution >= 4 is 28.7 Å². The van der Waals surface area contributed by atoms with Crippen LogP contribution in [-0.4, -0.2) is 32.2 Å². The van der Waals surface area contributed by atoms with Crippen molar-refractivity contribution in [2.45, 2.75) is 38.8 Å². The fourth-order valence-electron chi connectivity index (χ4n) is 3.35. The van der Waals surface area contributed by atoms with Gasteiger partial charge in [0.05, 0.1) is 11.7 Å². The molecule has 0 fully saturated rings. The molecule has 0 aliphatic carbocycles. The molecular weight excluding hydrogens is 443 g/mol. The smallest absolute Gasteiger partial charge is 0.407 e. The van der Waals surface area contributed by atoms with Crippen LogP contribution in [0, 0.1) is 15.3 Å². The van der Waals surface area contributed by atoms with Crippen molar-refractivity contribution in [3.05, 3.63) is 50.6 Å². The first kappa shape index (κ1) is 18.1. The summed E-state index contributed by atoms with van der Waals surface area (Å²) < 4.78 is 29.4. The fraction of sp³-hybridized carbons (Fsp3) is 0.412. The van der Waals surface area contributed by atoms with Gasteiger partial charge in [-0.15, -0.1) is 0 Å². The zero-order valence-corrected chi connectivity index (χ0v) is 15.8. The van der Waals surface area contributed by atoms with Crippen molar-refractivity contribution in [1.82, 2.24) is 14.5 Å². The number of rotatable bonds is 4. The summed E-state index contributed by atoms with van der Waals surface area (Å²) in [6.07, 6.45) is 0.742. The lowest BCUT2D eigenvalue weighted by atomic mass is 10.0. The number of benzene rings is 1. The Morgan fingerprint density at radius 2 is 2.12 bits per heavy atom. The maximum atomic E-state index is 13.4. The lowest BCUT2D eigenvalue weighted by Crippen LogP contribution is -2.42. The second kappa shape index (κ2) is 7.27. The van der Waals surface area contributed by atoms with Gasteiger partial charge in [0.15, 0.2) is 11.6 Å². The largest absolute Gasteiger partial charge is 0.465 e. The minimum absolute atomic E-state index is 0.348. The number of carbonyl (C=O) groups is 1. The molecule has 1 amide bonds. The fourth-order valence-corrected chi connectivity index (χ4v) is 4.28. The second-order valence-electron chi connectivity index (χ2n) is 5.99. The molecular formula is C17H18F2IN3O2. The highest BCUT2D eigenvalue weighted by Crippen LogP contribution is 2.34. The van der Waals surface area contributed by atoms with Gasteiger partial charge in [0, 0.05) is 19.5 Å². The summed E-state index contributed by atoms with van der Waals surface area (Å²) in [5, 5.41) is 9.55. The van der Waals surface area contributed by atoms with Crippen LogP contribution in [0.3, 0.4) is 0 Å². The SMILES string of the molecule is CCc1nc(I)c2n1CCN(C(=O)O)C2CCc1ccc(F)c(F)c1. The Morgan fingerprint density at radius 3 is 2.76 bits per heavy atom. The Morgan fingerprint density at radius 1 is 1.36 bits per heavy atom. The minimum atomic E-state index is -0.975. The number of imidazole rings is 1. The molecule has 2 heterocycles. The first-order valence-electron chi connectivity index (χ1n) is 8.10. The molecule has 1 aliphatic heterocycles. The highest BCUT2D eigenvalue weighted by molar-refractivity contribution is 14.1. The monoisotopic (exact) mass is 461 g/mol. The summed E-state index contributed by atoms with van der Waals surface area (Å²) in [6.45, 7) is 3.00. The first-order valence-corrected chi connectivity index (χ1v) is 9.18. The van der Waals surface area contributed by atoms with E-state index in [1.54, 1.807) is 0 Å². The Labute approximate surface area is 157 Å². The van der Waals surface area contributed by atoms with Gasteiger partial charge in [-0.05, 0) is 53.1 Å².